The highest BCUT2D eigenvalue weighted by molar-refractivity contribution is 7.14. The maximum Gasteiger partial charge on any atom is 0.263 e. The molecule has 29 heavy (non-hydrogen) atoms. The molecule has 0 bridgehead atoms. The van der Waals surface area contributed by atoms with Gasteiger partial charge in [0, 0.05) is 47.8 Å². The van der Waals surface area contributed by atoms with E-state index in [1.54, 1.807) is 43.8 Å². The lowest BCUT2D eigenvalue weighted by molar-refractivity contribution is -0.120. The van der Waals surface area contributed by atoms with E-state index in [0.717, 1.165) is 49.2 Å². The van der Waals surface area contributed by atoms with Crippen LogP contribution < -0.4 is 14.8 Å². The van der Waals surface area contributed by atoms with E-state index in [4.69, 9.17) is 9.47 Å². The van der Waals surface area contributed by atoms with Crippen LogP contribution in [0.15, 0.2) is 24.3 Å². The van der Waals surface area contributed by atoms with Crippen LogP contribution >= 0.6 is 11.3 Å². The highest BCUT2D eigenvalue weighted by Gasteiger charge is 2.29. The van der Waals surface area contributed by atoms with Crippen molar-refractivity contribution < 1.29 is 19.1 Å². The number of hydrogen-bond acceptors (Lipinski definition) is 5. The van der Waals surface area contributed by atoms with Crippen molar-refractivity contribution in [1.82, 2.24) is 4.90 Å². The predicted molar refractivity (Wildman–Crippen MR) is 113 cm³/mol. The number of methoxy groups -OCH3 is 2. The minimum absolute atomic E-state index is 0.00965. The number of rotatable bonds is 5. The number of hydrogen-bond donors (Lipinski definition) is 1. The molecule has 1 fully saturated rings. The molecule has 0 radical (unpaired) electrons. The van der Waals surface area contributed by atoms with E-state index >= 15 is 0 Å². The van der Waals surface area contributed by atoms with Gasteiger partial charge in [-0.25, -0.2) is 0 Å². The molecule has 2 amide bonds. The molecule has 1 N–H and O–H groups in total. The molecule has 1 aromatic heterocycles. The van der Waals surface area contributed by atoms with Crippen LogP contribution in [0.3, 0.4) is 0 Å². The monoisotopic (exact) mass is 414 g/mol. The van der Waals surface area contributed by atoms with Crippen LogP contribution in [0.25, 0.3) is 0 Å². The van der Waals surface area contributed by atoms with Crippen LogP contribution in [0.4, 0.5) is 5.69 Å². The number of carbonyl (C=O) groups excluding carboxylic acids is 2. The highest BCUT2D eigenvalue weighted by atomic mass is 32.1. The number of ether oxygens (including phenoxy) is 2. The Labute approximate surface area is 174 Å². The third kappa shape index (κ3) is 4.24. The first-order valence-electron chi connectivity index (χ1n) is 10.0. The van der Waals surface area contributed by atoms with E-state index in [0.29, 0.717) is 23.6 Å². The van der Waals surface area contributed by atoms with Gasteiger partial charge in [-0.2, -0.15) is 0 Å². The lowest BCUT2D eigenvalue weighted by Gasteiger charge is -2.21. The fourth-order valence-electron chi connectivity index (χ4n) is 4.05. The lowest BCUT2D eigenvalue weighted by atomic mass is 9.87. The summed E-state index contributed by atoms with van der Waals surface area (Å²) in [5, 5.41) is 3.00. The molecular formula is C22H26N2O4S. The van der Waals surface area contributed by atoms with Crippen LogP contribution in [0.1, 0.15) is 39.4 Å². The first-order valence-corrected chi connectivity index (χ1v) is 10.8. The number of amides is 2. The first kappa shape index (κ1) is 19.8. The van der Waals surface area contributed by atoms with Gasteiger partial charge >= 0.3 is 0 Å². The Kier molecular flexibility index (Phi) is 5.76. The van der Waals surface area contributed by atoms with Gasteiger partial charge in [0.05, 0.1) is 19.1 Å². The highest BCUT2D eigenvalue weighted by Crippen LogP contribution is 2.34. The second-order valence-electron chi connectivity index (χ2n) is 7.59. The number of nitrogens with zero attached hydrogens (tertiary/aromatic N) is 1. The molecular weight excluding hydrogens is 388 g/mol. The minimum atomic E-state index is -0.107. The summed E-state index contributed by atoms with van der Waals surface area (Å²) in [5.41, 5.74) is 1.80. The minimum Gasteiger partial charge on any atom is -0.497 e. The van der Waals surface area contributed by atoms with Gasteiger partial charge in [0.25, 0.3) is 5.91 Å². The van der Waals surface area contributed by atoms with Crippen LogP contribution in [0, 0.1) is 5.92 Å². The number of likely N-dealkylation sites (tertiary alicyclic amines) is 1. The molecule has 6 nitrogen and oxygen atoms in total. The number of thiophene rings is 1. The number of nitrogens with one attached hydrogen (secondary N) is 1. The van der Waals surface area contributed by atoms with Crippen molar-refractivity contribution in [2.24, 2.45) is 5.92 Å². The van der Waals surface area contributed by atoms with Gasteiger partial charge in [0.15, 0.2) is 0 Å². The van der Waals surface area contributed by atoms with E-state index in [1.165, 1.54) is 4.88 Å². The maximum absolute atomic E-state index is 12.9. The smallest absolute Gasteiger partial charge is 0.263 e. The summed E-state index contributed by atoms with van der Waals surface area (Å²) in [5.74, 6) is 1.29. The molecule has 1 aromatic carbocycles. The predicted octanol–water partition coefficient (Wildman–Crippen LogP) is 3.74. The second-order valence-corrected chi connectivity index (χ2v) is 8.73. The molecule has 2 aromatic rings. The van der Waals surface area contributed by atoms with E-state index in [9.17, 15) is 9.59 Å². The largest absolute Gasteiger partial charge is 0.497 e. The van der Waals surface area contributed by atoms with Crippen LogP contribution in [-0.4, -0.2) is 44.0 Å². The molecule has 4 rings (SSSR count). The zero-order valence-electron chi connectivity index (χ0n) is 16.8. The average molecular weight is 415 g/mol. The number of benzene rings is 1. The van der Waals surface area contributed by atoms with E-state index < -0.39 is 0 Å². The Balaban J connectivity index is 1.44. The van der Waals surface area contributed by atoms with Crippen molar-refractivity contribution in [1.29, 1.82) is 0 Å². The van der Waals surface area contributed by atoms with Crippen molar-refractivity contribution in [2.75, 3.05) is 32.6 Å². The Morgan fingerprint density at radius 1 is 1.07 bits per heavy atom. The van der Waals surface area contributed by atoms with Crippen molar-refractivity contribution in [3.63, 3.8) is 0 Å². The van der Waals surface area contributed by atoms with E-state index in [-0.39, 0.29) is 17.7 Å². The molecule has 2 heterocycles. The number of fused-ring (bicyclic) bond motifs is 1. The summed E-state index contributed by atoms with van der Waals surface area (Å²) in [6.07, 6.45) is 4.49. The van der Waals surface area contributed by atoms with Gasteiger partial charge in [0.2, 0.25) is 5.91 Å². The van der Waals surface area contributed by atoms with Gasteiger partial charge in [0.1, 0.15) is 11.5 Å². The quantitative estimate of drug-likeness (QED) is 0.809. The Bertz CT molecular complexity index is 895. The molecule has 2 aliphatic rings. The summed E-state index contributed by atoms with van der Waals surface area (Å²) in [4.78, 5) is 29.5. The average Bonchev–Trinajstić information content (AvgIpc) is 3.42. The van der Waals surface area contributed by atoms with Crippen molar-refractivity contribution in [2.45, 2.75) is 32.1 Å². The normalized spacial score (nSPS) is 18.3. The molecule has 1 aliphatic carbocycles. The zero-order chi connectivity index (χ0) is 20.4. The fraction of sp³-hybridized carbons (Fsp3) is 0.455. The molecule has 1 atom stereocenters. The summed E-state index contributed by atoms with van der Waals surface area (Å²) < 4.78 is 10.5. The summed E-state index contributed by atoms with van der Waals surface area (Å²) in [6.45, 7) is 1.72. The molecule has 1 unspecified atom stereocenters. The fourth-order valence-corrected chi connectivity index (χ4v) is 5.23. The Hall–Kier alpha value is -2.54. The summed E-state index contributed by atoms with van der Waals surface area (Å²) >= 11 is 1.60. The molecule has 154 valence electrons. The Morgan fingerprint density at radius 2 is 1.76 bits per heavy atom. The van der Waals surface area contributed by atoms with E-state index in [2.05, 4.69) is 5.32 Å². The molecule has 0 saturated carbocycles. The number of aryl methyl sites for hydroxylation is 1. The molecule has 7 heteroatoms. The lowest BCUT2D eigenvalue weighted by Crippen LogP contribution is -2.27. The van der Waals surface area contributed by atoms with Gasteiger partial charge in [-0.3, -0.25) is 9.59 Å². The first-order chi connectivity index (χ1) is 14.1. The van der Waals surface area contributed by atoms with Gasteiger partial charge in [-0.1, -0.05) is 0 Å². The van der Waals surface area contributed by atoms with Crippen molar-refractivity contribution in [3.8, 4) is 11.5 Å². The standard InChI is InChI=1S/C22H26N2O4S/c1-27-17-11-16(12-18(13-17)28-2)23-21(25)14-5-6-19-15(9-14)10-20(29-19)22(26)24-7-3-4-8-24/h10-14H,3-9H2,1-2H3,(H,23,25). The number of anilines is 1. The van der Waals surface area contributed by atoms with Crippen LogP contribution in [0.5, 0.6) is 11.5 Å². The van der Waals surface area contributed by atoms with Gasteiger partial charge in [-0.05, 0) is 43.7 Å². The number of carbonyl (C=O) groups is 2. The maximum atomic E-state index is 12.9. The Morgan fingerprint density at radius 3 is 2.41 bits per heavy atom. The van der Waals surface area contributed by atoms with Gasteiger partial charge < -0.3 is 19.7 Å². The van der Waals surface area contributed by atoms with Crippen LogP contribution in [0.2, 0.25) is 0 Å². The van der Waals surface area contributed by atoms with Crippen molar-refractivity contribution >= 4 is 28.8 Å². The summed E-state index contributed by atoms with van der Waals surface area (Å²) in [6, 6.07) is 7.35. The van der Waals surface area contributed by atoms with E-state index in [1.807, 2.05) is 11.0 Å². The SMILES string of the molecule is COc1cc(NC(=O)C2CCc3sc(C(=O)N4CCCC4)cc3C2)cc(OC)c1. The third-order valence-electron chi connectivity index (χ3n) is 5.68. The summed E-state index contributed by atoms with van der Waals surface area (Å²) in [7, 11) is 3.17. The molecule has 1 saturated heterocycles. The van der Waals surface area contributed by atoms with Crippen LogP contribution in [-0.2, 0) is 17.6 Å². The third-order valence-corrected chi connectivity index (χ3v) is 6.90. The van der Waals surface area contributed by atoms with Crippen molar-refractivity contribution in [3.05, 3.63) is 39.6 Å². The molecule has 0 spiro atoms. The molecule has 1 aliphatic heterocycles. The second kappa shape index (κ2) is 8.45. The van der Waals surface area contributed by atoms with Gasteiger partial charge in [-0.15, -0.1) is 11.3 Å². The topological polar surface area (TPSA) is 67.9 Å². The zero-order valence-corrected chi connectivity index (χ0v) is 17.6.